The van der Waals surface area contributed by atoms with E-state index in [9.17, 15) is 14.5 Å². The van der Waals surface area contributed by atoms with Gasteiger partial charge in [0.15, 0.2) is 11.5 Å². The number of aliphatic carboxylic acids is 1. The first-order valence-corrected chi connectivity index (χ1v) is 12.3. The average Bonchev–Trinajstić information content (AvgIpc) is 3.17. The minimum absolute atomic E-state index is 0.281. The second kappa shape index (κ2) is 10.3. The largest absolute Gasteiger partial charge is 0.480 e. The molecule has 0 aliphatic rings. The molecule has 0 amide bonds. The van der Waals surface area contributed by atoms with Crippen LogP contribution in [0.3, 0.4) is 0 Å². The van der Waals surface area contributed by atoms with Crippen LogP contribution in [0.5, 0.6) is 5.75 Å². The van der Waals surface area contributed by atoms with E-state index in [1.807, 2.05) is 13.0 Å². The van der Waals surface area contributed by atoms with Crippen molar-refractivity contribution in [2.45, 2.75) is 52.4 Å². The van der Waals surface area contributed by atoms with Crippen LogP contribution in [0.4, 0.5) is 5.82 Å². The molecule has 3 aromatic rings. The van der Waals surface area contributed by atoms with E-state index in [0.29, 0.717) is 23.5 Å². The number of anilines is 1. The van der Waals surface area contributed by atoms with Gasteiger partial charge in [0.2, 0.25) is 0 Å². The predicted octanol–water partition coefficient (Wildman–Crippen LogP) is 3.23. The number of aromatic nitrogens is 4. The fraction of sp³-hybridized carbons (Fsp3) is 0.429. The van der Waals surface area contributed by atoms with Gasteiger partial charge in [0.1, 0.15) is 30.0 Å². The van der Waals surface area contributed by atoms with E-state index in [1.165, 1.54) is 17.9 Å². The van der Waals surface area contributed by atoms with E-state index in [2.05, 4.69) is 15.0 Å². The summed E-state index contributed by atoms with van der Waals surface area (Å²) in [5, 5.41) is 9.61. The number of rotatable bonds is 11. The summed E-state index contributed by atoms with van der Waals surface area (Å²) in [5.74, 6) is -0.452. The Hall–Kier alpha value is -3.01. The molecule has 0 saturated heterocycles. The molecule has 0 fully saturated rings. The molecule has 2 heterocycles. The highest BCUT2D eigenvalue weighted by Crippen LogP contribution is 2.53. The molecule has 0 saturated carbocycles. The van der Waals surface area contributed by atoms with Crippen molar-refractivity contribution < 1.29 is 23.7 Å². The number of fused-ring (bicyclic) bond motifs is 1. The lowest BCUT2D eigenvalue weighted by atomic mass is 10.3. The summed E-state index contributed by atoms with van der Waals surface area (Å²) in [7, 11) is -3.76. The first-order valence-electron chi connectivity index (χ1n) is 10.5. The highest BCUT2D eigenvalue weighted by atomic mass is 31.2. The lowest BCUT2D eigenvalue weighted by Crippen LogP contribution is -2.43. The minimum Gasteiger partial charge on any atom is -0.480 e. The van der Waals surface area contributed by atoms with Gasteiger partial charge in [0.05, 0.1) is 19.0 Å². The number of ether oxygens (including phenoxy) is 1. The maximum atomic E-state index is 14.1. The van der Waals surface area contributed by atoms with Gasteiger partial charge in [-0.25, -0.2) is 19.6 Å². The van der Waals surface area contributed by atoms with Crippen molar-refractivity contribution >= 4 is 30.5 Å². The summed E-state index contributed by atoms with van der Waals surface area (Å²) in [6.07, 6.45) is 2.22. The van der Waals surface area contributed by atoms with Crippen molar-refractivity contribution in [2.24, 2.45) is 0 Å². The summed E-state index contributed by atoms with van der Waals surface area (Å²) >= 11 is 0. The quantitative estimate of drug-likeness (QED) is 0.396. The number of nitrogens with two attached hydrogens (primary N) is 1. The fourth-order valence-electron chi connectivity index (χ4n) is 3.55. The van der Waals surface area contributed by atoms with Crippen molar-refractivity contribution in [3.63, 3.8) is 0 Å². The van der Waals surface area contributed by atoms with Crippen molar-refractivity contribution in [3.8, 4) is 5.75 Å². The molecular formula is C21H29N6O5P. The summed E-state index contributed by atoms with van der Waals surface area (Å²) < 4.78 is 29.1. The third-order valence-electron chi connectivity index (χ3n) is 5.03. The van der Waals surface area contributed by atoms with E-state index < -0.39 is 25.6 Å². The normalized spacial score (nSPS) is 15.5. The van der Waals surface area contributed by atoms with E-state index in [0.717, 1.165) is 0 Å². The van der Waals surface area contributed by atoms with Crippen LogP contribution < -0.4 is 10.3 Å². The molecule has 3 N–H and O–H groups in total. The maximum absolute atomic E-state index is 14.1. The predicted molar refractivity (Wildman–Crippen MR) is 124 cm³/mol. The molecule has 33 heavy (non-hydrogen) atoms. The smallest absolute Gasteiger partial charge is 0.345 e. The van der Waals surface area contributed by atoms with Crippen LogP contribution in [0, 0.1) is 0 Å². The Kier molecular flexibility index (Phi) is 7.68. The average molecular weight is 476 g/mol. The van der Waals surface area contributed by atoms with Gasteiger partial charge in [-0.15, -0.1) is 0 Å². The number of hydrogen-bond donors (Lipinski definition) is 2. The Morgan fingerprint density at radius 2 is 1.88 bits per heavy atom. The number of nitrogens with zero attached hydrogens (tertiary/aromatic N) is 5. The van der Waals surface area contributed by atoms with Crippen LogP contribution in [0.15, 0.2) is 43.0 Å². The maximum Gasteiger partial charge on any atom is 0.345 e. The molecular weight excluding hydrogens is 447 g/mol. The first kappa shape index (κ1) is 24.6. The Labute approximate surface area is 192 Å². The number of carbonyl (C=O) groups is 1. The lowest BCUT2D eigenvalue weighted by molar-refractivity contribution is -0.141. The van der Waals surface area contributed by atoms with Crippen molar-refractivity contribution in [1.29, 1.82) is 0 Å². The monoisotopic (exact) mass is 476 g/mol. The second-order valence-corrected chi connectivity index (χ2v) is 10.1. The fourth-order valence-corrected chi connectivity index (χ4v) is 6.05. The molecule has 3 rings (SSSR count). The summed E-state index contributed by atoms with van der Waals surface area (Å²) in [6, 6.07) is 7.23. The van der Waals surface area contributed by atoms with Crippen molar-refractivity contribution in [1.82, 2.24) is 24.2 Å². The van der Waals surface area contributed by atoms with Gasteiger partial charge >= 0.3 is 13.5 Å². The number of carboxylic acids is 1. The molecule has 1 aromatic carbocycles. The van der Waals surface area contributed by atoms with Crippen molar-refractivity contribution in [2.75, 3.05) is 12.1 Å². The molecule has 178 valence electrons. The third-order valence-corrected chi connectivity index (χ3v) is 7.52. The Balaban J connectivity index is 1.82. The zero-order valence-corrected chi connectivity index (χ0v) is 19.9. The number of nitrogen functional groups attached to an aromatic ring is 1. The van der Waals surface area contributed by atoms with E-state index in [1.54, 1.807) is 49.0 Å². The highest BCUT2D eigenvalue weighted by molar-refractivity contribution is 7.56. The zero-order valence-electron chi connectivity index (χ0n) is 19.0. The van der Waals surface area contributed by atoms with E-state index >= 15 is 0 Å². The van der Waals surface area contributed by atoms with Gasteiger partial charge in [-0.2, -0.15) is 0 Å². The van der Waals surface area contributed by atoms with Crippen LogP contribution in [0.25, 0.3) is 11.2 Å². The number of benzene rings is 1. The topological polar surface area (TPSA) is 146 Å². The lowest BCUT2D eigenvalue weighted by Gasteiger charge is -2.36. The highest BCUT2D eigenvalue weighted by Gasteiger charge is 2.42. The van der Waals surface area contributed by atoms with Gasteiger partial charge < -0.3 is 24.7 Å². The number of para-hydroxylation sites is 1. The molecule has 11 nitrogen and oxygen atoms in total. The van der Waals surface area contributed by atoms with Gasteiger partial charge in [-0.3, -0.25) is 9.36 Å². The minimum atomic E-state index is -3.76. The Morgan fingerprint density at radius 1 is 1.18 bits per heavy atom. The molecule has 12 heteroatoms. The van der Waals surface area contributed by atoms with E-state index in [-0.39, 0.29) is 18.2 Å². The van der Waals surface area contributed by atoms with Crippen LogP contribution in [-0.4, -0.2) is 59.8 Å². The first-order chi connectivity index (χ1) is 15.6. The summed E-state index contributed by atoms with van der Waals surface area (Å²) in [6.45, 7) is 7.18. The number of hydrogen-bond acceptors (Lipinski definition) is 8. The second-order valence-electron chi connectivity index (χ2n) is 7.96. The van der Waals surface area contributed by atoms with Crippen LogP contribution in [-0.2, 0) is 20.6 Å². The molecule has 0 radical (unpaired) electrons. The number of imidazole rings is 1. The van der Waals surface area contributed by atoms with Gasteiger partial charge in [0.25, 0.3) is 0 Å². The van der Waals surface area contributed by atoms with Crippen LogP contribution >= 0.6 is 7.52 Å². The Bertz CT molecular complexity index is 1140. The molecule has 0 spiro atoms. The summed E-state index contributed by atoms with van der Waals surface area (Å²) in [5.41, 5.74) is 6.89. The summed E-state index contributed by atoms with van der Waals surface area (Å²) in [4.78, 5) is 24.1. The zero-order chi connectivity index (χ0) is 24.2. The van der Waals surface area contributed by atoms with E-state index in [4.69, 9.17) is 15.0 Å². The van der Waals surface area contributed by atoms with Gasteiger partial charge in [0, 0.05) is 6.04 Å². The van der Waals surface area contributed by atoms with Crippen LogP contribution in [0.1, 0.15) is 27.7 Å². The standard InChI is InChI=1S/C21H29N6O5P/c1-14(2)27(16(4)21(28)29)33(30,32-17-8-6-5-7-9-17)13-31-15(3)10-26-12-25-18-19(22)23-11-24-20(18)26/h5-9,11-12,14-16H,10,13H2,1-4H3,(H,28,29)(H2,22,23,24)/t15-,16+,33?/m1/s1. The van der Waals surface area contributed by atoms with Gasteiger partial charge in [-0.05, 0) is 39.8 Å². The van der Waals surface area contributed by atoms with Crippen molar-refractivity contribution in [3.05, 3.63) is 43.0 Å². The molecule has 2 aromatic heterocycles. The Morgan fingerprint density at radius 3 is 2.52 bits per heavy atom. The van der Waals surface area contributed by atoms with Gasteiger partial charge in [-0.1, -0.05) is 18.2 Å². The third kappa shape index (κ3) is 5.68. The SMILES string of the molecule is CC(C)N([C@@H](C)C(=O)O)P(=O)(CO[C@H](C)Cn1cnc2c(N)ncnc21)Oc1ccccc1. The van der Waals surface area contributed by atoms with Crippen LogP contribution in [0.2, 0.25) is 0 Å². The number of carboxylic acid groups (broad SMARTS) is 1. The molecule has 0 aliphatic heterocycles. The molecule has 0 aliphatic carbocycles. The molecule has 1 unspecified atom stereocenters. The molecule has 0 bridgehead atoms. The molecule has 3 atom stereocenters.